The second-order valence-electron chi connectivity index (χ2n) is 4.19. The minimum atomic E-state index is 0.345. The number of fused-ring (bicyclic) bond motifs is 1. The van der Waals surface area contributed by atoms with E-state index in [2.05, 4.69) is 22.2 Å². The third-order valence-corrected chi connectivity index (χ3v) is 3.22. The lowest BCUT2D eigenvalue weighted by Gasteiger charge is -2.08. The van der Waals surface area contributed by atoms with Crippen molar-refractivity contribution in [2.75, 3.05) is 5.73 Å². The van der Waals surface area contributed by atoms with Gasteiger partial charge in [0.05, 0.1) is 11.7 Å². The van der Waals surface area contributed by atoms with Crippen molar-refractivity contribution in [3.05, 3.63) is 24.0 Å². The SMILES string of the molecule is Nc1ncc2ccc(C3CCCC3)n2n1. The van der Waals surface area contributed by atoms with Crippen LogP contribution in [0.4, 0.5) is 5.95 Å². The van der Waals surface area contributed by atoms with E-state index < -0.39 is 0 Å². The second-order valence-corrected chi connectivity index (χ2v) is 4.19. The third kappa shape index (κ3) is 1.37. The Bertz CT molecular complexity index is 482. The summed E-state index contributed by atoms with van der Waals surface area (Å²) in [6, 6.07) is 4.21. The maximum Gasteiger partial charge on any atom is 0.238 e. The molecule has 0 radical (unpaired) electrons. The van der Waals surface area contributed by atoms with E-state index in [9.17, 15) is 0 Å². The van der Waals surface area contributed by atoms with Crippen LogP contribution in [-0.4, -0.2) is 14.6 Å². The third-order valence-electron chi connectivity index (χ3n) is 3.22. The number of hydrogen-bond donors (Lipinski definition) is 1. The molecule has 78 valence electrons. The minimum absolute atomic E-state index is 0.345. The molecule has 1 aliphatic rings. The maximum absolute atomic E-state index is 5.61. The monoisotopic (exact) mass is 202 g/mol. The van der Waals surface area contributed by atoms with Gasteiger partial charge in [0, 0.05) is 11.6 Å². The standard InChI is InChI=1S/C11H14N4/c12-11-13-7-9-5-6-10(15(9)14-11)8-3-1-2-4-8/h5-8H,1-4H2,(H2,12,14). The Balaban J connectivity index is 2.13. The molecule has 0 saturated heterocycles. The van der Waals surface area contributed by atoms with E-state index in [1.807, 2.05) is 4.52 Å². The fourth-order valence-corrected chi connectivity index (χ4v) is 2.47. The molecular formula is C11H14N4. The van der Waals surface area contributed by atoms with Crippen molar-refractivity contribution in [3.63, 3.8) is 0 Å². The highest BCUT2D eigenvalue weighted by Crippen LogP contribution is 2.34. The molecule has 2 N–H and O–H groups in total. The molecular weight excluding hydrogens is 188 g/mol. The predicted molar refractivity (Wildman–Crippen MR) is 58.6 cm³/mol. The first kappa shape index (κ1) is 8.71. The lowest BCUT2D eigenvalue weighted by atomic mass is 10.1. The van der Waals surface area contributed by atoms with Crippen LogP contribution in [0.15, 0.2) is 18.3 Å². The van der Waals surface area contributed by atoms with Gasteiger partial charge in [0.2, 0.25) is 5.95 Å². The van der Waals surface area contributed by atoms with Crippen LogP contribution in [0.2, 0.25) is 0 Å². The molecule has 4 heteroatoms. The van der Waals surface area contributed by atoms with E-state index in [4.69, 9.17) is 5.73 Å². The first-order valence-electron chi connectivity index (χ1n) is 5.45. The summed E-state index contributed by atoms with van der Waals surface area (Å²) >= 11 is 0. The minimum Gasteiger partial charge on any atom is -0.367 e. The Morgan fingerprint density at radius 3 is 2.87 bits per heavy atom. The average Bonchev–Trinajstić information content (AvgIpc) is 2.83. The molecule has 1 aliphatic carbocycles. The molecule has 3 rings (SSSR count). The van der Waals surface area contributed by atoms with Crippen LogP contribution >= 0.6 is 0 Å². The molecule has 1 saturated carbocycles. The van der Waals surface area contributed by atoms with E-state index in [1.165, 1.54) is 31.4 Å². The molecule has 0 unspecified atom stereocenters. The largest absolute Gasteiger partial charge is 0.367 e. The average molecular weight is 202 g/mol. The first-order valence-corrected chi connectivity index (χ1v) is 5.45. The Hall–Kier alpha value is -1.58. The first-order chi connectivity index (χ1) is 7.34. The highest BCUT2D eigenvalue weighted by molar-refractivity contribution is 5.48. The van der Waals surface area contributed by atoms with Gasteiger partial charge in [0.1, 0.15) is 0 Å². The van der Waals surface area contributed by atoms with Crippen molar-refractivity contribution in [1.29, 1.82) is 0 Å². The van der Waals surface area contributed by atoms with Crippen molar-refractivity contribution >= 4 is 11.5 Å². The van der Waals surface area contributed by atoms with Gasteiger partial charge in [-0.25, -0.2) is 9.50 Å². The quantitative estimate of drug-likeness (QED) is 0.769. The molecule has 0 aliphatic heterocycles. The van der Waals surface area contributed by atoms with E-state index >= 15 is 0 Å². The summed E-state index contributed by atoms with van der Waals surface area (Å²) in [7, 11) is 0. The van der Waals surface area contributed by atoms with Crippen LogP contribution < -0.4 is 5.73 Å². The number of nitrogens with zero attached hydrogens (tertiary/aromatic N) is 3. The van der Waals surface area contributed by atoms with Crippen LogP contribution in [0.5, 0.6) is 0 Å². The predicted octanol–water partition coefficient (Wildman–Crippen LogP) is 1.97. The summed E-state index contributed by atoms with van der Waals surface area (Å²) in [6.07, 6.45) is 6.99. The summed E-state index contributed by atoms with van der Waals surface area (Å²) < 4.78 is 1.94. The number of nitrogens with two attached hydrogens (primary N) is 1. The summed E-state index contributed by atoms with van der Waals surface area (Å²) in [5.41, 5.74) is 7.93. The zero-order valence-electron chi connectivity index (χ0n) is 8.56. The van der Waals surface area contributed by atoms with Crippen molar-refractivity contribution in [2.45, 2.75) is 31.6 Å². The van der Waals surface area contributed by atoms with E-state index in [-0.39, 0.29) is 0 Å². The van der Waals surface area contributed by atoms with Gasteiger partial charge < -0.3 is 5.73 Å². The summed E-state index contributed by atoms with van der Waals surface area (Å²) in [6.45, 7) is 0. The number of rotatable bonds is 1. The molecule has 0 spiro atoms. The van der Waals surface area contributed by atoms with Crippen LogP contribution in [0.3, 0.4) is 0 Å². The zero-order chi connectivity index (χ0) is 10.3. The lowest BCUT2D eigenvalue weighted by Crippen LogP contribution is -2.05. The van der Waals surface area contributed by atoms with Gasteiger partial charge in [-0.2, -0.15) is 0 Å². The summed E-state index contributed by atoms with van der Waals surface area (Å²) in [5, 5.41) is 4.26. The number of hydrogen-bond acceptors (Lipinski definition) is 3. The molecule has 0 bridgehead atoms. The molecule has 2 aromatic rings. The Labute approximate surface area is 88.1 Å². The van der Waals surface area contributed by atoms with Crippen molar-refractivity contribution < 1.29 is 0 Å². The summed E-state index contributed by atoms with van der Waals surface area (Å²) in [4.78, 5) is 3.99. The maximum atomic E-state index is 5.61. The zero-order valence-corrected chi connectivity index (χ0v) is 8.56. The van der Waals surface area contributed by atoms with E-state index in [0.29, 0.717) is 11.9 Å². The molecule has 1 fully saturated rings. The lowest BCUT2D eigenvalue weighted by molar-refractivity contribution is 0.666. The fourth-order valence-electron chi connectivity index (χ4n) is 2.47. The van der Waals surface area contributed by atoms with Gasteiger partial charge in [-0.15, -0.1) is 5.10 Å². The van der Waals surface area contributed by atoms with Crippen molar-refractivity contribution in [3.8, 4) is 0 Å². The highest BCUT2D eigenvalue weighted by atomic mass is 15.3. The van der Waals surface area contributed by atoms with Crippen LogP contribution in [0.25, 0.3) is 5.52 Å². The number of aromatic nitrogens is 3. The fraction of sp³-hybridized carbons (Fsp3) is 0.455. The molecule has 0 atom stereocenters. The number of anilines is 1. The molecule has 0 aromatic carbocycles. The molecule has 0 amide bonds. The van der Waals surface area contributed by atoms with Gasteiger partial charge >= 0.3 is 0 Å². The van der Waals surface area contributed by atoms with Crippen LogP contribution in [0.1, 0.15) is 37.3 Å². The van der Waals surface area contributed by atoms with Gasteiger partial charge in [-0.3, -0.25) is 0 Å². The Morgan fingerprint density at radius 1 is 1.27 bits per heavy atom. The second kappa shape index (κ2) is 3.22. The van der Waals surface area contributed by atoms with Crippen molar-refractivity contribution in [1.82, 2.24) is 14.6 Å². The Morgan fingerprint density at radius 2 is 2.07 bits per heavy atom. The van der Waals surface area contributed by atoms with Crippen LogP contribution in [-0.2, 0) is 0 Å². The van der Waals surface area contributed by atoms with Gasteiger partial charge in [-0.05, 0) is 25.0 Å². The molecule has 15 heavy (non-hydrogen) atoms. The normalized spacial score (nSPS) is 17.6. The smallest absolute Gasteiger partial charge is 0.238 e. The topological polar surface area (TPSA) is 56.2 Å². The van der Waals surface area contributed by atoms with E-state index in [1.54, 1.807) is 6.20 Å². The summed E-state index contributed by atoms with van der Waals surface area (Å²) in [5.74, 6) is 1.000. The molecule has 4 nitrogen and oxygen atoms in total. The number of nitrogen functional groups attached to an aromatic ring is 1. The van der Waals surface area contributed by atoms with Crippen molar-refractivity contribution in [2.24, 2.45) is 0 Å². The molecule has 2 heterocycles. The molecule has 2 aromatic heterocycles. The van der Waals surface area contributed by atoms with Gasteiger partial charge in [0.15, 0.2) is 0 Å². The van der Waals surface area contributed by atoms with E-state index in [0.717, 1.165) is 5.52 Å². The van der Waals surface area contributed by atoms with Gasteiger partial charge in [0.25, 0.3) is 0 Å². The van der Waals surface area contributed by atoms with Gasteiger partial charge in [-0.1, -0.05) is 12.8 Å². The van der Waals surface area contributed by atoms with Crippen LogP contribution in [0, 0.1) is 0 Å². The Kier molecular flexibility index (Phi) is 1.87. The highest BCUT2D eigenvalue weighted by Gasteiger charge is 2.20.